The Morgan fingerprint density at radius 3 is 2.32 bits per heavy atom. The number of esters is 1. The fourth-order valence-electron chi connectivity index (χ4n) is 2.98. The Balaban J connectivity index is 2.05. The molecule has 28 heavy (non-hydrogen) atoms. The van der Waals surface area contributed by atoms with Gasteiger partial charge in [-0.05, 0) is 55.3 Å². The molecule has 6 nitrogen and oxygen atoms in total. The summed E-state index contributed by atoms with van der Waals surface area (Å²) < 4.78 is 9.96. The summed E-state index contributed by atoms with van der Waals surface area (Å²) in [6.07, 6.45) is 1.07. The summed E-state index contributed by atoms with van der Waals surface area (Å²) in [5.74, 6) is -0.209. The monoisotopic (exact) mass is 384 g/mol. The van der Waals surface area contributed by atoms with Crippen LogP contribution in [0.3, 0.4) is 0 Å². The van der Waals surface area contributed by atoms with Gasteiger partial charge in [0.05, 0.1) is 14.2 Å². The van der Waals surface area contributed by atoms with Crippen molar-refractivity contribution in [1.82, 2.24) is 5.32 Å². The van der Waals surface area contributed by atoms with Crippen LogP contribution in [0.1, 0.15) is 46.5 Å². The summed E-state index contributed by atoms with van der Waals surface area (Å²) in [4.78, 5) is 26.6. The first-order chi connectivity index (χ1) is 13.5. The zero-order valence-corrected chi connectivity index (χ0v) is 17.0. The molecule has 0 bridgehead atoms. The summed E-state index contributed by atoms with van der Waals surface area (Å²) in [5, 5.41) is 2.88. The number of carbonyl (C=O) groups is 2. The van der Waals surface area contributed by atoms with Gasteiger partial charge in [-0.25, -0.2) is 4.79 Å². The number of ether oxygens (including phenoxy) is 2. The number of methoxy groups -OCH3 is 2. The number of rotatable bonds is 9. The third kappa shape index (κ3) is 5.25. The zero-order chi connectivity index (χ0) is 20.5. The van der Waals surface area contributed by atoms with E-state index in [2.05, 4.69) is 24.1 Å². The lowest BCUT2D eigenvalue weighted by Gasteiger charge is -2.22. The molecule has 0 aromatic heterocycles. The van der Waals surface area contributed by atoms with E-state index in [1.807, 2.05) is 24.3 Å². The van der Waals surface area contributed by atoms with Crippen molar-refractivity contribution in [2.24, 2.45) is 0 Å². The highest BCUT2D eigenvalue weighted by Crippen LogP contribution is 2.21. The smallest absolute Gasteiger partial charge is 0.341 e. The van der Waals surface area contributed by atoms with E-state index in [0.29, 0.717) is 23.4 Å². The number of hydrogen-bond donors (Lipinski definition) is 1. The molecule has 0 heterocycles. The number of nitrogens with one attached hydrogen (secondary N) is 1. The van der Waals surface area contributed by atoms with Crippen molar-refractivity contribution in [2.75, 3.05) is 32.2 Å². The van der Waals surface area contributed by atoms with Gasteiger partial charge in [0.2, 0.25) is 0 Å². The normalized spacial score (nSPS) is 10.3. The van der Waals surface area contributed by atoms with Crippen LogP contribution in [0, 0.1) is 0 Å². The minimum Gasteiger partial charge on any atom is -0.496 e. The Hall–Kier alpha value is -3.02. The van der Waals surface area contributed by atoms with Gasteiger partial charge in [0.1, 0.15) is 11.3 Å². The van der Waals surface area contributed by atoms with E-state index in [4.69, 9.17) is 9.47 Å². The van der Waals surface area contributed by atoms with Crippen molar-refractivity contribution >= 4 is 17.6 Å². The summed E-state index contributed by atoms with van der Waals surface area (Å²) in [7, 11) is 2.81. The van der Waals surface area contributed by atoms with Gasteiger partial charge in [-0.2, -0.15) is 0 Å². The number of anilines is 1. The highest BCUT2D eigenvalue weighted by Gasteiger charge is 2.14. The van der Waals surface area contributed by atoms with Crippen LogP contribution < -0.4 is 15.0 Å². The topological polar surface area (TPSA) is 67.9 Å². The molecule has 0 aliphatic carbocycles. The second kappa shape index (κ2) is 10.3. The van der Waals surface area contributed by atoms with Crippen molar-refractivity contribution < 1.29 is 19.1 Å². The lowest BCUT2D eigenvalue weighted by Crippen LogP contribution is -2.24. The maximum Gasteiger partial charge on any atom is 0.341 e. The molecule has 0 saturated carbocycles. The van der Waals surface area contributed by atoms with E-state index in [0.717, 1.165) is 30.8 Å². The standard InChI is InChI=1S/C22H28N2O4/c1-5-13-24(6-2)18-10-8-17(9-11-18)21(25)23-15-16-7-12-20(27-3)19(14-16)22(26)28-4/h7-12,14H,5-6,13,15H2,1-4H3,(H,23,25). The van der Waals surface area contributed by atoms with Crippen molar-refractivity contribution in [1.29, 1.82) is 0 Å². The highest BCUT2D eigenvalue weighted by molar-refractivity contribution is 5.95. The number of benzene rings is 2. The molecule has 0 fully saturated rings. The quantitative estimate of drug-likeness (QED) is 0.669. The molecule has 6 heteroatoms. The van der Waals surface area contributed by atoms with E-state index >= 15 is 0 Å². The van der Waals surface area contributed by atoms with E-state index < -0.39 is 5.97 Å². The van der Waals surface area contributed by atoms with Gasteiger partial charge in [0.25, 0.3) is 5.91 Å². The summed E-state index contributed by atoms with van der Waals surface area (Å²) in [5.41, 5.74) is 2.82. The van der Waals surface area contributed by atoms with Crippen LogP contribution in [0.15, 0.2) is 42.5 Å². The maximum atomic E-state index is 12.5. The molecule has 1 amide bonds. The predicted molar refractivity (Wildman–Crippen MR) is 110 cm³/mol. The molecule has 2 aromatic rings. The third-order valence-corrected chi connectivity index (χ3v) is 4.49. The summed E-state index contributed by atoms with van der Waals surface area (Å²) in [6, 6.07) is 12.8. The van der Waals surface area contributed by atoms with Crippen LogP contribution in [-0.4, -0.2) is 39.2 Å². The summed E-state index contributed by atoms with van der Waals surface area (Å²) in [6.45, 7) is 6.48. The third-order valence-electron chi connectivity index (χ3n) is 4.49. The first-order valence-electron chi connectivity index (χ1n) is 9.42. The molecule has 0 aliphatic rings. The van der Waals surface area contributed by atoms with Gasteiger partial charge < -0.3 is 19.7 Å². The van der Waals surface area contributed by atoms with Gasteiger partial charge >= 0.3 is 5.97 Å². The van der Waals surface area contributed by atoms with Gasteiger partial charge in [0.15, 0.2) is 0 Å². The molecule has 0 unspecified atom stereocenters. The van der Waals surface area contributed by atoms with Crippen LogP contribution in [-0.2, 0) is 11.3 Å². The number of nitrogens with zero attached hydrogens (tertiary/aromatic N) is 1. The van der Waals surface area contributed by atoms with Gasteiger partial charge in [-0.15, -0.1) is 0 Å². The largest absolute Gasteiger partial charge is 0.496 e. The Labute approximate surface area is 166 Å². The van der Waals surface area contributed by atoms with Crippen molar-refractivity contribution in [3.63, 3.8) is 0 Å². The SMILES string of the molecule is CCCN(CC)c1ccc(C(=O)NCc2ccc(OC)c(C(=O)OC)c2)cc1. The molecule has 0 saturated heterocycles. The van der Waals surface area contributed by atoms with Crippen LogP contribution in [0.5, 0.6) is 5.75 Å². The minimum atomic E-state index is -0.479. The van der Waals surface area contributed by atoms with Gasteiger partial charge in [-0.3, -0.25) is 4.79 Å². The average molecular weight is 384 g/mol. The lowest BCUT2D eigenvalue weighted by molar-refractivity contribution is 0.0597. The number of carbonyl (C=O) groups excluding carboxylic acids is 2. The molecule has 0 spiro atoms. The second-order valence-corrected chi connectivity index (χ2v) is 6.34. The van der Waals surface area contributed by atoms with E-state index in [1.54, 1.807) is 18.2 Å². The predicted octanol–water partition coefficient (Wildman–Crippen LogP) is 3.65. The van der Waals surface area contributed by atoms with Gasteiger partial charge in [-0.1, -0.05) is 13.0 Å². The second-order valence-electron chi connectivity index (χ2n) is 6.34. The van der Waals surface area contributed by atoms with Crippen molar-refractivity contribution in [2.45, 2.75) is 26.8 Å². The maximum absolute atomic E-state index is 12.5. The molecule has 0 aliphatic heterocycles. The number of amides is 1. The first-order valence-corrected chi connectivity index (χ1v) is 9.42. The zero-order valence-electron chi connectivity index (χ0n) is 17.0. The summed E-state index contributed by atoms with van der Waals surface area (Å²) >= 11 is 0. The van der Waals surface area contributed by atoms with E-state index in [1.165, 1.54) is 14.2 Å². The Morgan fingerprint density at radius 1 is 1.04 bits per heavy atom. The van der Waals surface area contributed by atoms with Crippen LogP contribution >= 0.6 is 0 Å². The van der Waals surface area contributed by atoms with Gasteiger partial charge in [0, 0.05) is 30.9 Å². The molecular formula is C22H28N2O4. The Bertz CT molecular complexity index is 803. The van der Waals surface area contributed by atoms with Crippen LogP contribution in [0.2, 0.25) is 0 Å². The fraction of sp³-hybridized carbons (Fsp3) is 0.364. The van der Waals surface area contributed by atoms with E-state index in [-0.39, 0.29) is 5.91 Å². The average Bonchev–Trinajstić information content (AvgIpc) is 2.75. The van der Waals surface area contributed by atoms with Crippen molar-refractivity contribution in [3.05, 3.63) is 59.2 Å². The molecule has 0 atom stereocenters. The van der Waals surface area contributed by atoms with E-state index in [9.17, 15) is 9.59 Å². The van der Waals surface area contributed by atoms with Crippen LogP contribution in [0.4, 0.5) is 5.69 Å². The molecular weight excluding hydrogens is 356 g/mol. The fourth-order valence-corrected chi connectivity index (χ4v) is 2.98. The molecule has 0 radical (unpaired) electrons. The number of hydrogen-bond acceptors (Lipinski definition) is 5. The first kappa shape index (κ1) is 21.3. The Morgan fingerprint density at radius 2 is 1.75 bits per heavy atom. The lowest BCUT2D eigenvalue weighted by atomic mass is 10.1. The Kier molecular flexibility index (Phi) is 7.87. The molecule has 1 N–H and O–H groups in total. The van der Waals surface area contributed by atoms with Crippen LogP contribution in [0.25, 0.3) is 0 Å². The molecule has 2 rings (SSSR count). The highest BCUT2D eigenvalue weighted by atomic mass is 16.5. The molecule has 150 valence electrons. The minimum absolute atomic E-state index is 0.166. The molecule has 2 aromatic carbocycles. The van der Waals surface area contributed by atoms with Crippen molar-refractivity contribution in [3.8, 4) is 5.75 Å².